The third kappa shape index (κ3) is 2.49. The van der Waals surface area contributed by atoms with Crippen LogP contribution in [0.15, 0.2) is 36.9 Å². The van der Waals surface area contributed by atoms with Crippen LogP contribution in [0.2, 0.25) is 0 Å². The van der Waals surface area contributed by atoms with Crippen molar-refractivity contribution in [3.63, 3.8) is 0 Å². The molecule has 3 rings (SSSR count). The maximum atomic E-state index is 12.4. The van der Waals surface area contributed by atoms with Crippen LogP contribution in [0, 0.1) is 0 Å². The van der Waals surface area contributed by atoms with E-state index >= 15 is 0 Å². The number of carbonyl (C=O) groups excluding carboxylic acids is 1. The number of rotatable bonds is 2. The van der Waals surface area contributed by atoms with Gasteiger partial charge in [-0.2, -0.15) is 5.10 Å². The highest BCUT2D eigenvalue weighted by molar-refractivity contribution is 5.94. The summed E-state index contributed by atoms with van der Waals surface area (Å²) < 4.78 is 1.98. The third-order valence-electron chi connectivity index (χ3n) is 3.66. The summed E-state index contributed by atoms with van der Waals surface area (Å²) in [6, 6.07) is 3.98. The van der Waals surface area contributed by atoms with Crippen LogP contribution < -0.4 is 5.73 Å². The van der Waals surface area contributed by atoms with E-state index in [4.69, 9.17) is 5.73 Å². The minimum atomic E-state index is 0.00344. The predicted molar refractivity (Wildman–Crippen MR) is 75.1 cm³/mol. The zero-order valence-electron chi connectivity index (χ0n) is 11.1. The fourth-order valence-electron chi connectivity index (χ4n) is 2.59. The normalized spacial score (nSPS) is 16.3. The van der Waals surface area contributed by atoms with Crippen molar-refractivity contribution in [2.24, 2.45) is 0 Å². The van der Waals surface area contributed by atoms with Crippen LogP contribution in [0.5, 0.6) is 0 Å². The van der Waals surface area contributed by atoms with Crippen molar-refractivity contribution >= 4 is 11.6 Å². The van der Waals surface area contributed by atoms with Gasteiger partial charge < -0.3 is 10.6 Å². The van der Waals surface area contributed by atoms with Crippen LogP contribution in [0.25, 0.3) is 0 Å². The van der Waals surface area contributed by atoms with Gasteiger partial charge in [0, 0.05) is 37.9 Å². The Morgan fingerprint density at radius 3 is 2.75 bits per heavy atom. The van der Waals surface area contributed by atoms with Crippen molar-refractivity contribution in [1.29, 1.82) is 0 Å². The lowest BCUT2D eigenvalue weighted by molar-refractivity contribution is 0.0689. The molecule has 104 valence electrons. The maximum absolute atomic E-state index is 12.4. The summed E-state index contributed by atoms with van der Waals surface area (Å²) in [5.41, 5.74) is 6.74. The number of likely N-dealkylation sites (tertiary alicyclic amines) is 1. The number of aromatic nitrogens is 3. The van der Waals surface area contributed by atoms with Gasteiger partial charge in [-0.1, -0.05) is 0 Å². The summed E-state index contributed by atoms with van der Waals surface area (Å²) in [5, 5.41) is 4.27. The number of hydrogen-bond acceptors (Lipinski definition) is 4. The van der Waals surface area contributed by atoms with Gasteiger partial charge in [-0.05, 0) is 25.0 Å². The van der Waals surface area contributed by atoms with E-state index in [0.29, 0.717) is 17.3 Å². The number of piperidine rings is 1. The molecule has 2 aromatic heterocycles. The fourth-order valence-corrected chi connectivity index (χ4v) is 2.59. The standard InChI is InChI=1S/C14H17N5O/c15-12-8-11(9-16-10-12)14(20)18-6-2-13(3-7-18)19-5-1-4-17-19/h1,4-5,8-10,13H,2-3,6-7,15H2. The summed E-state index contributed by atoms with van der Waals surface area (Å²) >= 11 is 0. The topological polar surface area (TPSA) is 77.0 Å². The molecule has 0 unspecified atom stereocenters. The highest BCUT2D eigenvalue weighted by Crippen LogP contribution is 2.22. The Morgan fingerprint density at radius 2 is 2.10 bits per heavy atom. The molecule has 1 aliphatic heterocycles. The Balaban J connectivity index is 1.65. The lowest BCUT2D eigenvalue weighted by Gasteiger charge is -2.32. The molecule has 1 amide bonds. The number of pyridine rings is 1. The molecule has 0 bridgehead atoms. The summed E-state index contributed by atoms with van der Waals surface area (Å²) in [6.07, 6.45) is 8.71. The average Bonchev–Trinajstić information content (AvgIpc) is 3.01. The second kappa shape index (κ2) is 5.32. The second-order valence-electron chi connectivity index (χ2n) is 5.02. The first-order valence-corrected chi connectivity index (χ1v) is 6.73. The van der Waals surface area contributed by atoms with E-state index in [-0.39, 0.29) is 5.91 Å². The first kappa shape index (κ1) is 12.7. The van der Waals surface area contributed by atoms with E-state index in [1.54, 1.807) is 24.7 Å². The quantitative estimate of drug-likeness (QED) is 0.894. The van der Waals surface area contributed by atoms with E-state index in [2.05, 4.69) is 10.1 Å². The zero-order valence-corrected chi connectivity index (χ0v) is 11.1. The Kier molecular flexibility index (Phi) is 3.37. The van der Waals surface area contributed by atoms with E-state index in [0.717, 1.165) is 25.9 Å². The van der Waals surface area contributed by atoms with Crippen molar-refractivity contribution in [1.82, 2.24) is 19.7 Å². The molecule has 0 saturated carbocycles. The predicted octanol–water partition coefficient (Wildman–Crippen LogP) is 1.34. The van der Waals surface area contributed by atoms with Gasteiger partial charge in [-0.3, -0.25) is 14.5 Å². The van der Waals surface area contributed by atoms with Crippen molar-refractivity contribution in [2.45, 2.75) is 18.9 Å². The largest absolute Gasteiger partial charge is 0.397 e. The molecule has 0 aliphatic carbocycles. The van der Waals surface area contributed by atoms with Crippen LogP contribution in [0.1, 0.15) is 29.2 Å². The Hall–Kier alpha value is -2.37. The molecule has 6 nitrogen and oxygen atoms in total. The molecule has 0 aromatic carbocycles. The molecule has 1 aliphatic rings. The lowest BCUT2D eigenvalue weighted by atomic mass is 10.0. The van der Waals surface area contributed by atoms with E-state index in [1.165, 1.54) is 0 Å². The van der Waals surface area contributed by atoms with E-state index in [9.17, 15) is 4.79 Å². The van der Waals surface area contributed by atoms with Crippen molar-refractivity contribution in [3.05, 3.63) is 42.5 Å². The molecule has 6 heteroatoms. The van der Waals surface area contributed by atoms with Crippen LogP contribution in [0.3, 0.4) is 0 Å². The smallest absolute Gasteiger partial charge is 0.255 e. The van der Waals surface area contributed by atoms with Gasteiger partial charge in [-0.15, -0.1) is 0 Å². The molecule has 0 radical (unpaired) electrons. The number of anilines is 1. The number of amides is 1. The van der Waals surface area contributed by atoms with Crippen LogP contribution in [-0.4, -0.2) is 38.7 Å². The Bertz CT molecular complexity index is 587. The highest BCUT2D eigenvalue weighted by Gasteiger charge is 2.24. The molecule has 0 spiro atoms. The molecule has 3 heterocycles. The molecule has 2 N–H and O–H groups in total. The Morgan fingerprint density at radius 1 is 1.30 bits per heavy atom. The summed E-state index contributed by atoms with van der Waals surface area (Å²) in [4.78, 5) is 18.2. The number of nitrogens with two attached hydrogens (primary N) is 1. The van der Waals surface area contributed by atoms with Gasteiger partial charge in [0.05, 0.1) is 17.3 Å². The monoisotopic (exact) mass is 271 g/mol. The summed E-state index contributed by atoms with van der Waals surface area (Å²) in [6.45, 7) is 1.47. The SMILES string of the molecule is Nc1cncc(C(=O)N2CCC(n3cccn3)CC2)c1. The van der Waals surface area contributed by atoms with Crippen molar-refractivity contribution < 1.29 is 4.79 Å². The van der Waals surface area contributed by atoms with E-state index < -0.39 is 0 Å². The minimum Gasteiger partial charge on any atom is -0.397 e. The third-order valence-corrected chi connectivity index (χ3v) is 3.66. The molecule has 20 heavy (non-hydrogen) atoms. The second-order valence-corrected chi connectivity index (χ2v) is 5.02. The maximum Gasteiger partial charge on any atom is 0.255 e. The average molecular weight is 271 g/mol. The number of nitrogen functional groups attached to an aromatic ring is 1. The summed E-state index contributed by atoms with van der Waals surface area (Å²) in [5.74, 6) is 0.00344. The zero-order chi connectivity index (χ0) is 13.9. The van der Waals surface area contributed by atoms with Gasteiger partial charge in [0.15, 0.2) is 0 Å². The molecular weight excluding hydrogens is 254 g/mol. The first-order valence-electron chi connectivity index (χ1n) is 6.73. The van der Waals surface area contributed by atoms with Gasteiger partial charge in [0.1, 0.15) is 0 Å². The molecule has 1 saturated heterocycles. The van der Waals surface area contributed by atoms with Gasteiger partial charge in [0.2, 0.25) is 0 Å². The number of hydrogen-bond donors (Lipinski definition) is 1. The lowest BCUT2D eigenvalue weighted by Crippen LogP contribution is -2.39. The van der Waals surface area contributed by atoms with Crippen LogP contribution in [0.4, 0.5) is 5.69 Å². The van der Waals surface area contributed by atoms with Crippen molar-refractivity contribution in [2.75, 3.05) is 18.8 Å². The highest BCUT2D eigenvalue weighted by atomic mass is 16.2. The summed E-state index contributed by atoms with van der Waals surface area (Å²) in [7, 11) is 0. The van der Waals surface area contributed by atoms with Crippen molar-refractivity contribution in [3.8, 4) is 0 Å². The van der Waals surface area contributed by atoms with Gasteiger partial charge in [0.25, 0.3) is 5.91 Å². The van der Waals surface area contributed by atoms with E-state index in [1.807, 2.05) is 21.8 Å². The van der Waals surface area contributed by atoms with Crippen LogP contribution >= 0.6 is 0 Å². The van der Waals surface area contributed by atoms with Gasteiger partial charge >= 0.3 is 0 Å². The Labute approximate surface area is 117 Å². The number of carbonyl (C=O) groups is 1. The molecule has 0 atom stereocenters. The molecule has 2 aromatic rings. The fraction of sp³-hybridized carbons (Fsp3) is 0.357. The minimum absolute atomic E-state index is 0.00344. The first-order chi connectivity index (χ1) is 9.74. The number of nitrogens with zero attached hydrogens (tertiary/aromatic N) is 4. The van der Waals surface area contributed by atoms with Crippen LogP contribution in [-0.2, 0) is 0 Å². The molecule has 1 fully saturated rings. The van der Waals surface area contributed by atoms with Gasteiger partial charge in [-0.25, -0.2) is 0 Å². The molecular formula is C14H17N5O.